The maximum absolute atomic E-state index is 3.40. The van der Waals surface area contributed by atoms with Gasteiger partial charge in [-0.1, -0.05) is 30.3 Å². The molecule has 1 aliphatic carbocycles. The van der Waals surface area contributed by atoms with E-state index in [9.17, 15) is 0 Å². The van der Waals surface area contributed by atoms with E-state index >= 15 is 0 Å². The van der Waals surface area contributed by atoms with Crippen LogP contribution >= 0.6 is 0 Å². The molecule has 1 aliphatic rings. The van der Waals surface area contributed by atoms with Gasteiger partial charge in [0.15, 0.2) is 0 Å². The average Bonchev–Trinajstić information content (AvgIpc) is 2.84. The molecule has 0 nitrogen and oxygen atoms in total. The Balaban J connectivity index is 2.22. The van der Waals surface area contributed by atoms with Gasteiger partial charge in [-0.3, -0.25) is 0 Å². The second kappa shape index (κ2) is 3.24. The number of benzene rings is 1. The van der Waals surface area contributed by atoms with Gasteiger partial charge in [-0.2, -0.15) is 0 Å². The van der Waals surface area contributed by atoms with Crippen molar-refractivity contribution < 1.29 is 0 Å². The number of hydrogen-bond donors (Lipinski definition) is 0. The summed E-state index contributed by atoms with van der Waals surface area (Å²) in [6, 6.07) is 10.7. The molecule has 0 radical (unpaired) electrons. The topological polar surface area (TPSA) is 0 Å². The van der Waals surface area contributed by atoms with E-state index < -0.39 is 0 Å². The van der Waals surface area contributed by atoms with Gasteiger partial charge in [-0.15, -0.1) is 5.73 Å². The Morgan fingerprint density at radius 3 is 2.54 bits per heavy atom. The van der Waals surface area contributed by atoms with Gasteiger partial charge in [0, 0.05) is 5.92 Å². The Morgan fingerprint density at radius 1 is 1.23 bits per heavy atom. The molecule has 1 saturated carbocycles. The van der Waals surface area contributed by atoms with Crippen molar-refractivity contribution in [2.45, 2.75) is 26.2 Å². The molecule has 66 valence electrons. The highest BCUT2D eigenvalue weighted by Gasteiger charge is 2.30. The van der Waals surface area contributed by atoms with Gasteiger partial charge in [0.2, 0.25) is 0 Å². The summed E-state index contributed by atoms with van der Waals surface area (Å²) in [5, 5.41) is 0. The highest BCUT2D eigenvalue weighted by atomic mass is 14.3. The molecule has 1 aromatic carbocycles. The van der Waals surface area contributed by atoms with Crippen LogP contribution < -0.4 is 0 Å². The lowest BCUT2D eigenvalue weighted by Crippen LogP contribution is -1.75. The Kier molecular flexibility index (Phi) is 2.08. The summed E-state index contributed by atoms with van der Waals surface area (Å²) >= 11 is 0. The van der Waals surface area contributed by atoms with Crippen LogP contribution in [0.5, 0.6) is 0 Å². The van der Waals surface area contributed by atoms with Crippen molar-refractivity contribution in [3.05, 3.63) is 52.8 Å². The van der Waals surface area contributed by atoms with Crippen molar-refractivity contribution in [3.8, 4) is 0 Å². The molecule has 1 fully saturated rings. The summed E-state index contributed by atoms with van der Waals surface area (Å²) in [7, 11) is 0. The summed E-state index contributed by atoms with van der Waals surface area (Å²) in [6.45, 7) is 4.21. The number of allylic oxidation sites excluding steroid dienone is 1. The van der Waals surface area contributed by atoms with E-state index in [0.717, 1.165) is 0 Å². The molecule has 13 heavy (non-hydrogen) atoms. The maximum Gasteiger partial charge on any atom is 0.0168 e. The molecule has 1 atom stereocenters. The Morgan fingerprint density at radius 2 is 1.92 bits per heavy atom. The Hall–Kier alpha value is -1.26. The molecular formula is C13H14. The second-order valence-electron chi connectivity index (χ2n) is 3.82. The SMILES string of the molecule is CC(C)=C=C1C[C@H]1c1ccccc1. The van der Waals surface area contributed by atoms with Crippen LogP contribution in [0.2, 0.25) is 0 Å². The van der Waals surface area contributed by atoms with Crippen LogP contribution in [0.3, 0.4) is 0 Å². The molecule has 2 rings (SSSR count). The molecule has 0 saturated heterocycles. The van der Waals surface area contributed by atoms with Crippen LogP contribution in [0.25, 0.3) is 0 Å². The van der Waals surface area contributed by atoms with Crippen LogP contribution in [0.4, 0.5) is 0 Å². The molecule has 0 aromatic heterocycles. The van der Waals surface area contributed by atoms with Crippen molar-refractivity contribution in [2.24, 2.45) is 0 Å². The second-order valence-corrected chi connectivity index (χ2v) is 3.82. The molecule has 1 aromatic rings. The van der Waals surface area contributed by atoms with Crippen LogP contribution in [0.1, 0.15) is 31.7 Å². The number of rotatable bonds is 1. The molecule has 0 bridgehead atoms. The van der Waals surface area contributed by atoms with Crippen LogP contribution in [0, 0.1) is 0 Å². The van der Waals surface area contributed by atoms with Crippen molar-refractivity contribution in [2.75, 3.05) is 0 Å². The lowest BCUT2D eigenvalue weighted by molar-refractivity contribution is 1.16. The summed E-state index contributed by atoms with van der Waals surface area (Å²) in [6.07, 6.45) is 1.20. The third-order valence-electron chi connectivity index (χ3n) is 2.30. The standard InChI is InChI=1S/C13H14/c1-10(2)8-12-9-13(12)11-6-4-3-5-7-11/h3-7,13H,9H2,1-2H3/t13-/m0/s1. The van der Waals surface area contributed by atoms with Gasteiger partial charge in [-0.05, 0) is 37.0 Å². The van der Waals surface area contributed by atoms with Gasteiger partial charge < -0.3 is 0 Å². The minimum absolute atomic E-state index is 0.663. The first-order chi connectivity index (χ1) is 6.27. The lowest BCUT2D eigenvalue weighted by atomic mass is 10.1. The summed E-state index contributed by atoms with van der Waals surface area (Å²) in [5.74, 6) is 0.663. The van der Waals surface area contributed by atoms with Gasteiger partial charge in [0.1, 0.15) is 0 Å². The highest BCUT2D eigenvalue weighted by Crippen LogP contribution is 2.46. The Labute approximate surface area is 79.6 Å². The summed E-state index contributed by atoms with van der Waals surface area (Å²) in [5.41, 5.74) is 7.58. The minimum Gasteiger partial charge on any atom is -0.123 e. The van der Waals surface area contributed by atoms with E-state index in [1.807, 2.05) is 0 Å². The van der Waals surface area contributed by atoms with E-state index in [1.54, 1.807) is 0 Å². The third kappa shape index (κ3) is 1.91. The molecule has 0 aliphatic heterocycles. The van der Waals surface area contributed by atoms with E-state index in [1.165, 1.54) is 23.1 Å². The summed E-state index contributed by atoms with van der Waals surface area (Å²) in [4.78, 5) is 0. The van der Waals surface area contributed by atoms with Crippen LogP contribution in [-0.4, -0.2) is 0 Å². The molecule has 0 heterocycles. The van der Waals surface area contributed by atoms with E-state index in [2.05, 4.69) is 49.9 Å². The lowest BCUT2D eigenvalue weighted by Gasteiger charge is -1.92. The quantitative estimate of drug-likeness (QED) is 0.564. The zero-order valence-electron chi connectivity index (χ0n) is 8.17. The monoisotopic (exact) mass is 170 g/mol. The zero-order valence-corrected chi connectivity index (χ0v) is 8.17. The predicted molar refractivity (Wildman–Crippen MR) is 55.7 cm³/mol. The minimum atomic E-state index is 0.663. The molecular weight excluding hydrogens is 156 g/mol. The van der Waals surface area contributed by atoms with Crippen molar-refractivity contribution >= 4 is 0 Å². The largest absolute Gasteiger partial charge is 0.123 e. The molecule has 0 unspecified atom stereocenters. The molecule has 0 heteroatoms. The highest BCUT2D eigenvalue weighted by molar-refractivity contribution is 5.40. The Bertz CT molecular complexity index is 360. The third-order valence-corrected chi connectivity index (χ3v) is 2.30. The van der Waals surface area contributed by atoms with Gasteiger partial charge in [0.25, 0.3) is 0 Å². The first-order valence-corrected chi connectivity index (χ1v) is 4.75. The first kappa shape index (κ1) is 8.34. The molecule has 0 spiro atoms. The van der Waals surface area contributed by atoms with Crippen molar-refractivity contribution in [1.29, 1.82) is 0 Å². The molecule has 0 N–H and O–H groups in total. The van der Waals surface area contributed by atoms with E-state index in [-0.39, 0.29) is 0 Å². The maximum atomic E-state index is 3.40. The van der Waals surface area contributed by atoms with Crippen molar-refractivity contribution in [1.82, 2.24) is 0 Å². The van der Waals surface area contributed by atoms with Crippen molar-refractivity contribution in [3.63, 3.8) is 0 Å². The fourth-order valence-electron chi connectivity index (χ4n) is 1.62. The van der Waals surface area contributed by atoms with E-state index in [4.69, 9.17) is 0 Å². The van der Waals surface area contributed by atoms with Gasteiger partial charge in [0.05, 0.1) is 0 Å². The van der Waals surface area contributed by atoms with Gasteiger partial charge in [-0.25, -0.2) is 0 Å². The average molecular weight is 170 g/mol. The fraction of sp³-hybridized carbons (Fsp3) is 0.308. The normalized spacial score (nSPS) is 19.5. The number of hydrogen-bond acceptors (Lipinski definition) is 0. The van der Waals surface area contributed by atoms with Crippen LogP contribution in [-0.2, 0) is 0 Å². The fourth-order valence-corrected chi connectivity index (χ4v) is 1.62. The van der Waals surface area contributed by atoms with Gasteiger partial charge >= 0.3 is 0 Å². The smallest absolute Gasteiger partial charge is 0.0168 e. The van der Waals surface area contributed by atoms with Crippen LogP contribution in [0.15, 0.2) is 47.2 Å². The molecule has 0 amide bonds. The van der Waals surface area contributed by atoms with E-state index in [0.29, 0.717) is 5.92 Å². The zero-order chi connectivity index (χ0) is 9.26. The predicted octanol–water partition coefficient (Wildman–Crippen LogP) is 3.67. The first-order valence-electron chi connectivity index (χ1n) is 4.75. The summed E-state index contributed by atoms with van der Waals surface area (Å²) < 4.78 is 0.